The van der Waals surface area contributed by atoms with Gasteiger partial charge < -0.3 is 5.32 Å². The molecule has 19 heavy (non-hydrogen) atoms. The summed E-state index contributed by atoms with van der Waals surface area (Å²) in [7, 11) is 0. The number of aryl methyl sites for hydroxylation is 1. The molecule has 1 aromatic rings. The number of hydrogen-bond acceptors (Lipinski definition) is 1. The van der Waals surface area contributed by atoms with Crippen molar-refractivity contribution in [3.05, 3.63) is 33.8 Å². The zero-order valence-corrected chi connectivity index (χ0v) is 12.8. The molecule has 4 heteroatoms. The third kappa shape index (κ3) is 4.53. The smallest absolute Gasteiger partial charge is 0.248 e. The lowest BCUT2D eigenvalue weighted by molar-refractivity contribution is -0.0455. The van der Waals surface area contributed by atoms with Crippen LogP contribution in [0.1, 0.15) is 36.8 Å². The summed E-state index contributed by atoms with van der Waals surface area (Å²) in [5.74, 6) is -2.02. The molecule has 0 aromatic heterocycles. The van der Waals surface area contributed by atoms with Crippen LogP contribution >= 0.6 is 15.9 Å². The van der Waals surface area contributed by atoms with E-state index in [-0.39, 0.29) is 12.8 Å². The number of hydrogen-bond donors (Lipinski definition) is 1. The van der Waals surface area contributed by atoms with Gasteiger partial charge in [0.15, 0.2) is 0 Å². The molecule has 0 heterocycles. The van der Waals surface area contributed by atoms with E-state index in [4.69, 9.17) is 0 Å². The van der Waals surface area contributed by atoms with Gasteiger partial charge in [-0.15, -0.1) is 0 Å². The zero-order chi connectivity index (χ0) is 13.9. The Morgan fingerprint density at radius 1 is 1.32 bits per heavy atom. The van der Waals surface area contributed by atoms with Crippen LogP contribution in [0.25, 0.3) is 0 Å². The van der Waals surface area contributed by atoms with Crippen LogP contribution in [0.4, 0.5) is 8.78 Å². The van der Waals surface area contributed by atoms with Crippen molar-refractivity contribution in [3.8, 4) is 0 Å². The van der Waals surface area contributed by atoms with Crippen molar-refractivity contribution >= 4 is 15.9 Å². The quantitative estimate of drug-likeness (QED) is 0.845. The fourth-order valence-corrected chi connectivity index (χ4v) is 3.05. The summed E-state index contributed by atoms with van der Waals surface area (Å²) < 4.78 is 27.1. The van der Waals surface area contributed by atoms with E-state index in [1.54, 1.807) is 0 Å². The van der Waals surface area contributed by atoms with Gasteiger partial charge in [0.2, 0.25) is 5.92 Å². The molecule has 106 valence electrons. The molecule has 1 N–H and O–H groups in total. The third-order valence-corrected chi connectivity index (χ3v) is 4.38. The van der Waals surface area contributed by atoms with Gasteiger partial charge in [0, 0.05) is 23.9 Å². The van der Waals surface area contributed by atoms with Gasteiger partial charge in [-0.2, -0.15) is 0 Å². The lowest BCUT2D eigenvalue weighted by Crippen LogP contribution is -2.30. The molecule has 0 spiro atoms. The highest BCUT2D eigenvalue weighted by Crippen LogP contribution is 2.35. The van der Waals surface area contributed by atoms with E-state index in [2.05, 4.69) is 40.3 Å². The zero-order valence-electron chi connectivity index (χ0n) is 11.2. The van der Waals surface area contributed by atoms with Gasteiger partial charge in [-0.05, 0) is 55.5 Å². The van der Waals surface area contributed by atoms with Crippen LogP contribution < -0.4 is 5.32 Å². The van der Waals surface area contributed by atoms with Crippen molar-refractivity contribution in [3.63, 3.8) is 0 Å². The summed E-state index contributed by atoms with van der Waals surface area (Å²) in [6.07, 6.45) is 1.38. The van der Waals surface area contributed by atoms with Crippen LogP contribution in [-0.2, 0) is 6.54 Å². The number of alkyl halides is 2. The van der Waals surface area contributed by atoms with Crippen molar-refractivity contribution in [2.45, 2.75) is 45.1 Å². The molecule has 0 saturated heterocycles. The van der Waals surface area contributed by atoms with Gasteiger partial charge in [-0.3, -0.25) is 0 Å². The van der Waals surface area contributed by atoms with Crippen molar-refractivity contribution in [1.29, 1.82) is 0 Å². The highest BCUT2D eigenvalue weighted by Gasteiger charge is 2.34. The summed E-state index contributed by atoms with van der Waals surface area (Å²) in [5, 5.41) is 3.40. The van der Waals surface area contributed by atoms with Gasteiger partial charge in [0.05, 0.1) is 0 Å². The molecular formula is C15H20BrF2N. The normalized spacial score (nSPS) is 19.6. The van der Waals surface area contributed by atoms with Crippen molar-refractivity contribution in [2.24, 2.45) is 5.92 Å². The second-order valence-electron chi connectivity index (χ2n) is 5.50. The number of nitrogens with one attached hydrogen (secondary N) is 1. The summed E-state index contributed by atoms with van der Waals surface area (Å²) in [6.45, 7) is 3.74. The molecule has 0 aliphatic heterocycles. The predicted molar refractivity (Wildman–Crippen MR) is 77.5 cm³/mol. The first-order valence-corrected chi connectivity index (χ1v) is 7.59. The standard InChI is InChI=1S/C15H20BrF2N/c1-11-8-14(16)3-2-13(11)10-19-9-12-4-6-15(17,18)7-5-12/h2-3,8,12,19H,4-7,9-10H2,1H3. The minimum absolute atomic E-state index is 0.0522. The van der Waals surface area contributed by atoms with Gasteiger partial charge >= 0.3 is 0 Å². The molecule has 2 rings (SSSR count). The average Bonchev–Trinajstić information content (AvgIpc) is 2.34. The summed E-state index contributed by atoms with van der Waals surface area (Å²) in [6, 6.07) is 6.23. The summed E-state index contributed by atoms with van der Waals surface area (Å²) in [5.41, 5.74) is 2.52. The highest BCUT2D eigenvalue weighted by molar-refractivity contribution is 9.10. The van der Waals surface area contributed by atoms with Crippen molar-refractivity contribution < 1.29 is 8.78 Å². The topological polar surface area (TPSA) is 12.0 Å². The Morgan fingerprint density at radius 3 is 2.63 bits per heavy atom. The maximum Gasteiger partial charge on any atom is 0.248 e. The second kappa shape index (κ2) is 6.31. The molecule has 1 aliphatic carbocycles. The number of benzene rings is 1. The lowest BCUT2D eigenvalue weighted by Gasteiger charge is -2.28. The van der Waals surface area contributed by atoms with Gasteiger partial charge in [-0.25, -0.2) is 8.78 Å². The van der Waals surface area contributed by atoms with Crippen LogP contribution in [0.3, 0.4) is 0 Å². The lowest BCUT2D eigenvalue weighted by atomic mass is 9.87. The van der Waals surface area contributed by atoms with Gasteiger partial charge in [0.25, 0.3) is 0 Å². The first-order valence-electron chi connectivity index (χ1n) is 6.80. The molecule has 1 aromatic carbocycles. The molecule has 1 fully saturated rings. The Labute approximate surface area is 121 Å². The van der Waals surface area contributed by atoms with E-state index in [0.717, 1.165) is 17.6 Å². The van der Waals surface area contributed by atoms with E-state index < -0.39 is 5.92 Å². The van der Waals surface area contributed by atoms with E-state index in [1.807, 2.05) is 6.07 Å². The van der Waals surface area contributed by atoms with Crippen LogP contribution in [0.2, 0.25) is 0 Å². The first-order chi connectivity index (χ1) is 8.96. The van der Waals surface area contributed by atoms with Crippen LogP contribution in [-0.4, -0.2) is 12.5 Å². The monoisotopic (exact) mass is 331 g/mol. The van der Waals surface area contributed by atoms with Crippen LogP contribution in [0.15, 0.2) is 22.7 Å². The van der Waals surface area contributed by atoms with E-state index in [9.17, 15) is 8.78 Å². The van der Waals surface area contributed by atoms with Gasteiger partial charge in [-0.1, -0.05) is 22.0 Å². The van der Waals surface area contributed by atoms with Crippen LogP contribution in [0.5, 0.6) is 0 Å². The molecule has 1 nitrogen and oxygen atoms in total. The molecule has 1 aliphatic rings. The second-order valence-corrected chi connectivity index (χ2v) is 6.42. The molecule has 0 bridgehead atoms. The Bertz CT molecular complexity index is 424. The van der Waals surface area contributed by atoms with E-state index in [1.165, 1.54) is 11.1 Å². The first kappa shape index (κ1) is 14.9. The van der Waals surface area contributed by atoms with Crippen LogP contribution in [0, 0.1) is 12.8 Å². The van der Waals surface area contributed by atoms with E-state index >= 15 is 0 Å². The molecule has 0 atom stereocenters. The van der Waals surface area contributed by atoms with Crippen molar-refractivity contribution in [1.82, 2.24) is 5.32 Å². The molecule has 0 radical (unpaired) electrons. The molecular weight excluding hydrogens is 312 g/mol. The number of rotatable bonds is 4. The number of halogens is 3. The maximum atomic E-state index is 13.0. The fraction of sp³-hybridized carbons (Fsp3) is 0.600. The minimum atomic E-state index is -2.42. The fourth-order valence-electron chi connectivity index (χ4n) is 2.57. The van der Waals surface area contributed by atoms with E-state index in [0.29, 0.717) is 18.8 Å². The largest absolute Gasteiger partial charge is 0.312 e. The average molecular weight is 332 g/mol. The Morgan fingerprint density at radius 2 is 2.00 bits per heavy atom. The SMILES string of the molecule is Cc1cc(Br)ccc1CNCC1CCC(F)(F)CC1. The Kier molecular flexibility index (Phi) is 4.96. The summed E-state index contributed by atoms with van der Waals surface area (Å²) >= 11 is 3.45. The molecule has 0 amide bonds. The molecule has 1 saturated carbocycles. The predicted octanol–water partition coefficient (Wildman–Crippen LogP) is 4.67. The highest BCUT2D eigenvalue weighted by atomic mass is 79.9. The minimum Gasteiger partial charge on any atom is -0.312 e. The Hall–Kier alpha value is -0.480. The Balaban J connectivity index is 1.75. The van der Waals surface area contributed by atoms with Gasteiger partial charge in [0.1, 0.15) is 0 Å². The van der Waals surface area contributed by atoms with Crippen molar-refractivity contribution in [2.75, 3.05) is 6.54 Å². The summed E-state index contributed by atoms with van der Waals surface area (Å²) in [4.78, 5) is 0. The third-order valence-electron chi connectivity index (χ3n) is 3.89. The molecule has 0 unspecified atom stereocenters. The maximum absolute atomic E-state index is 13.0.